The van der Waals surface area contributed by atoms with E-state index in [-0.39, 0.29) is 0 Å². The number of carbonyl (C=O) groups is 2. The molecule has 2 amide bonds. The Bertz CT molecular complexity index is 205. The van der Waals surface area contributed by atoms with Crippen molar-refractivity contribution in [2.45, 2.75) is 12.5 Å². The number of aliphatic hydroxyl groups is 1. The number of hydrogen-bond acceptors (Lipinski definition) is 3. The third-order valence-electron chi connectivity index (χ3n) is 1.88. The van der Waals surface area contributed by atoms with E-state index < -0.39 is 24.5 Å². The average molecular weight is 171 g/mol. The Balaban J connectivity index is 2.63. The predicted molar refractivity (Wildman–Crippen MR) is 40.7 cm³/mol. The van der Waals surface area contributed by atoms with Crippen LogP contribution < -0.4 is 5.73 Å². The van der Waals surface area contributed by atoms with E-state index in [1.165, 1.54) is 4.90 Å². The fraction of sp³-hybridized carbons (Fsp3) is 0.571. The lowest BCUT2D eigenvalue weighted by Crippen LogP contribution is -2.44. The molecule has 1 fully saturated rings. The molecule has 0 saturated carbocycles. The highest BCUT2D eigenvalue weighted by Gasteiger charge is 2.31. The average Bonchev–Trinajstić information content (AvgIpc) is 2.50. The van der Waals surface area contributed by atoms with E-state index in [1.54, 1.807) is 6.42 Å². The zero-order valence-corrected chi connectivity index (χ0v) is 6.56. The lowest BCUT2D eigenvalue weighted by molar-refractivity contribution is -0.139. The molecule has 3 N–H and O–H groups in total. The first-order chi connectivity index (χ1) is 5.66. The molecule has 67 valence electrons. The van der Waals surface area contributed by atoms with Gasteiger partial charge in [0.2, 0.25) is 11.8 Å². The van der Waals surface area contributed by atoms with Crippen LogP contribution in [-0.2, 0) is 9.59 Å². The van der Waals surface area contributed by atoms with Crippen LogP contribution in [0.2, 0.25) is 0 Å². The van der Waals surface area contributed by atoms with Gasteiger partial charge in [-0.25, -0.2) is 0 Å². The Kier molecular flexibility index (Phi) is 2.65. The molecule has 1 saturated heterocycles. The second-order valence-electron chi connectivity index (χ2n) is 2.65. The number of carbonyl (C=O) groups excluding carboxylic acids is 2. The first-order valence-corrected chi connectivity index (χ1v) is 3.68. The van der Waals surface area contributed by atoms with Gasteiger partial charge in [0, 0.05) is 6.54 Å². The topological polar surface area (TPSA) is 83.6 Å². The number of rotatable bonds is 2. The number of aliphatic hydroxyl groups excluding tert-OH is 1. The van der Waals surface area contributed by atoms with Crippen molar-refractivity contribution in [3.63, 3.8) is 0 Å². The van der Waals surface area contributed by atoms with Crippen molar-refractivity contribution in [1.82, 2.24) is 4.90 Å². The summed E-state index contributed by atoms with van der Waals surface area (Å²) in [5.41, 5.74) is 5.05. The van der Waals surface area contributed by atoms with Crippen LogP contribution in [0.15, 0.2) is 0 Å². The number of nitrogens with zero attached hydrogens (tertiary/aromatic N) is 1. The highest BCUT2D eigenvalue weighted by atomic mass is 16.3. The van der Waals surface area contributed by atoms with Crippen molar-refractivity contribution in [3.05, 3.63) is 6.42 Å². The van der Waals surface area contributed by atoms with Crippen molar-refractivity contribution in [2.75, 3.05) is 13.2 Å². The van der Waals surface area contributed by atoms with E-state index in [0.717, 1.165) is 0 Å². The summed E-state index contributed by atoms with van der Waals surface area (Å²) in [5.74, 6) is -0.974. The van der Waals surface area contributed by atoms with E-state index in [4.69, 9.17) is 10.8 Å². The summed E-state index contributed by atoms with van der Waals surface area (Å²) in [7, 11) is 0. The Morgan fingerprint density at radius 2 is 2.33 bits per heavy atom. The van der Waals surface area contributed by atoms with Crippen LogP contribution in [0.5, 0.6) is 0 Å². The fourth-order valence-electron chi connectivity index (χ4n) is 1.26. The van der Waals surface area contributed by atoms with Gasteiger partial charge in [-0.3, -0.25) is 9.59 Å². The molecule has 0 aliphatic carbocycles. The summed E-state index contributed by atoms with van der Waals surface area (Å²) in [5, 5.41) is 8.54. The third kappa shape index (κ3) is 1.55. The summed E-state index contributed by atoms with van der Waals surface area (Å²) in [6.45, 7) is -0.176. The van der Waals surface area contributed by atoms with Gasteiger partial charge in [0.25, 0.3) is 0 Å². The van der Waals surface area contributed by atoms with Crippen molar-refractivity contribution in [3.8, 4) is 0 Å². The highest BCUT2D eigenvalue weighted by Crippen LogP contribution is 2.15. The van der Waals surface area contributed by atoms with Gasteiger partial charge in [0.05, 0.1) is 0 Å². The molecule has 1 rings (SSSR count). The first-order valence-electron chi connectivity index (χ1n) is 3.68. The van der Waals surface area contributed by atoms with Crippen LogP contribution in [0.1, 0.15) is 6.42 Å². The molecule has 0 bridgehead atoms. The molecule has 1 atom stereocenters. The quantitative estimate of drug-likeness (QED) is 0.517. The zero-order valence-electron chi connectivity index (χ0n) is 6.56. The Morgan fingerprint density at radius 1 is 1.67 bits per heavy atom. The van der Waals surface area contributed by atoms with E-state index in [2.05, 4.69) is 0 Å². The van der Waals surface area contributed by atoms with Crippen LogP contribution in [0.25, 0.3) is 0 Å². The Labute approximate surface area is 70.1 Å². The van der Waals surface area contributed by atoms with Gasteiger partial charge >= 0.3 is 0 Å². The molecular formula is C7H11N2O3. The van der Waals surface area contributed by atoms with Crippen molar-refractivity contribution in [1.29, 1.82) is 0 Å². The van der Waals surface area contributed by atoms with Gasteiger partial charge in [-0.15, -0.1) is 0 Å². The van der Waals surface area contributed by atoms with E-state index in [1.807, 2.05) is 0 Å². The molecule has 0 aromatic heterocycles. The monoisotopic (exact) mass is 171 g/mol. The van der Waals surface area contributed by atoms with Gasteiger partial charge in [0.1, 0.15) is 12.6 Å². The maximum Gasteiger partial charge on any atom is 0.248 e. The molecule has 12 heavy (non-hydrogen) atoms. The number of likely N-dealkylation sites (tertiary alicyclic amines) is 1. The molecule has 0 aromatic carbocycles. The molecule has 1 radical (unpaired) electrons. The minimum atomic E-state index is -0.572. The molecule has 1 aliphatic rings. The van der Waals surface area contributed by atoms with Crippen molar-refractivity contribution in [2.24, 2.45) is 5.73 Å². The van der Waals surface area contributed by atoms with Crippen LogP contribution in [0, 0.1) is 6.42 Å². The minimum Gasteiger partial charge on any atom is -0.387 e. The Hall–Kier alpha value is -1.10. The number of nitrogens with two attached hydrogens (primary N) is 1. The second-order valence-corrected chi connectivity index (χ2v) is 2.65. The van der Waals surface area contributed by atoms with Crippen LogP contribution in [0.4, 0.5) is 0 Å². The van der Waals surface area contributed by atoms with E-state index in [0.29, 0.717) is 13.0 Å². The number of hydrogen-bond donors (Lipinski definition) is 2. The van der Waals surface area contributed by atoms with Crippen molar-refractivity contribution >= 4 is 11.8 Å². The maximum atomic E-state index is 11.0. The summed E-state index contributed by atoms with van der Waals surface area (Å²) >= 11 is 0. The third-order valence-corrected chi connectivity index (χ3v) is 1.88. The van der Waals surface area contributed by atoms with E-state index in [9.17, 15) is 9.59 Å². The SMILES string of the molecule is NC(=O)C1C[CH]CN1C(=O)CO. The highest BCUT2D eigenvalue weighted by molar-refractivity contribution is 5.87. The van der Waals surface area contributed by atoms with Gasteiger partial charge < -0.3 is 15.7 Å². The first kappa shape index (κ1) is 8.99. The normalized spacial score (nSPS) is 22.8. The predicted octanol–water partition coefficient (Wildman–Crippen LogP) is -1.73. The van der Waals surface area contributed by atoms with Gasteiger partial charge in [-0.2, -0.15) is 0 Å². The fourth-order valence-corrected chi connectivity index (χ4v) is 1.26. The summed E-state index contributed by atoms with van der Waals surface area (Å²) in [6.07, 6.45) is 2.28. The molecule has 1 heterocycles. The molecule has 0 aromatic rings. The maximum absolute atomic E-state index is 11.0. The molecule has 5 heteroatoms. The molecular weight excluding hydrogens is 160 g/mol. The smallest absolute Gasteiger partial charge is 0.248 e. The zero-order chi connectivity index (χ0) is 9.14. The van der Waals surface area contributed by atoms with Crippen LogP contribution in [-0.4, -0.2) is 41.0 Å². The number of amides is 2. The lowest BCUT2D eigenvalue weighted by Gasteiger charge is -2.20. The molecule has 1 unspecified atom stereocenters. The second kappa shape index (κ2) is 3.53. The van der Waals surface area contributed by atoms with Gasteiger partial charge in [-0.05, 0) is 12.8 Å². The van der Waals surface area contributed by atoms with Crippen molar-refractivity contribution < 1.29 is 14.7 Å². The van der Waals surface area contributed by atoms with Gasteiger partial charge in [0.15, 0.2) is 0 Å². The molecule has 0 spiro atoms. The lowest BCUT2D eigenvalue weighted by atomic mass is 10.2. The number of primary amides is 1. The Morgan fingerprint density at radius 3 is 2.83 bits per heavy atom. The molecule has 1 aliphatic heterocycles. The summed E-state index contributed by atoms with van der Waals surface area (Å²) in [6, 6.07) is -0.565. The minimum absolute atomic E-state index is 0.396. The van der Waals surface area contributed by atoms with E-state index >= 15 is 0 Å². The van der Waals surface area contributed by atoms with Gasteiger partial charge in [-0.1, -0.05) is 0 Å². The largest absolute Gasteiger partial charge is 0.387 e. The standard InChI is InChI=1S/C7H11N2O3/c8-7(12)5-2-1-3-9(5)6(11)4-10/h1,5,10H,2-4H2,(H2,8,12). The van der Waals surface area contributed by atoms with Crippen LogP contribution in [0.3, 0.4) is 0 Å². The van der Waals surface area contributed by atoms with Crippen LogP contribution >= 0.6 is 0 Å². The molecule has 5 nitrogen and oxygen atoms in total. The summed E-state index contributed by atoms with van der Waals surface area (Å²) in [4.78, 5) is 23.0. The summed E-state index contributed by atoms with van der Waals surface area (Å²) < 4.78 is 0.